The standard InChI is InChI=1S/C27H46O5/c1-20(2)13-9-5-7-11-16-26-18-15-22(19-26)23-24(28)30-32-31-25(29)27(23,26)17-12-8-6-10-14-21(3)4/h20-23H,5-19H2,1-4H3. The van der Waals surface area contributed by atoms with Gasteiger partial charge in [-0.25, -0.2) is 9.59 Å². The van der Waals surface area contributed by atoms with E-state index < -0.39 is 11.3 Å². The van der Waals surface area contributed by atoms with Crippen LogP contribution in [0.5, 0.6) is 0 Å². The van der Waals surface area contributed by atoms with Crippen LogP contribution in [0.1, 0.15) is 124 Å². The molecule has 2 bridgehead atoms. The molecule has 0 aromatic rings. The minimum absolute atomic E-state index is 0.137. The molecule has 5 heteroatoms. The molecule has 0 aromatic carbocycles. The van der Waals surface area contributed by atoms with Crippen molar-refractivity contribution in [3.8, 4) is 0 Å². The van der Waals surface area contributed by atoms with Crippen molar-refractivity contribution in [3.63, 3.8) is 0 Å². The van der Waals surface area contributed by atoms with Crippen LogP contribution in [-0.4, -0.2) is 11.9 Å². The fourth-order valence-corrected chi connectivity index (χ4v) is 7.19. The largest absolute Gasteiger partial charge is 0.354 e. The number of rotatable bonds is 14. The third-order valence-electron chi connectivity index (χ3n) is 8.73. The van der Waals surface area contributed by atoms with Crippen LogP contribution in [0, 0.1) is 34.5 Å². The van der Waals surface area contributed by atoms with Gasteiger partial charge in [-0.2, -0.15) is 0 Å². The smallest absolute Gasteiger partial charge is 0.259 e. The molecule has 3 aliphatic rings. The molecule has 0 N–H and O–H groups in total. The Morgan fingerprint density at radius 2 is 1.41 bits per heavy atom. The van der Waals surface area contributed by atoms with Gasteiger partial charge in [0.15, 0.2) is 0 Å². The molecule has 3 fully saturated rings. The van der Waals surface area contributed by atoms with Crippen LogP contribution in [0.4, 0.5) is 0 Å². The summed E-state index contributed by atoms with van der Waals surface area (Å²) in [6.45, 7) is 9.08. The number of fused-ring (bicyclic) bond motifs is 5. The maximum atomic E-state index is 13.4. The molecule has 4 atom stereocenters. The quantitative estimate of drug-likeness (QED) is 0.205. The van der Waals surface area contributed by atoms with E-state index >= 15 is 0 Å². The Bertz CT molecular complexity index is 630. The predicted molar refractivity (Wildman–Crippen MR) is 124 cm³/mol. The first-order chi connectivity index (χ1) is 15.3. The van der Waals surface area contributed by atoms with Crippen LogP contribution in [0.3, 0.4) is 0 Å². The van der Waals surface area contributed by atoms with Gasteiger partial charge in [0.05, 0.1) is 11.3 Å². The van der Waals surface area contributed by atoms with Crippen molar-refractivity contribution in [2.24, 2.45) is 34.5 Å². The van der Waals surface area contributed by atoms with Gasteiger partial charge in [-0.15, -0.1) is 0 Å². The number of unbranched alkanes of at least 4 members (excludes halogenated alkanes) is 6. The van der Waals surface area contributed by atoms with Crippen LogP contribution in [0.2, 0.25) is 0 Å². The molecule has 184 valence electrons. The molecule has 0 aromatic heterocycles. The lowest BCUT2D eigenvalue weighted by Crippen LogP contribution is -2.51. The van der Waals surface area contributed by atoms with E-state index in [1.54, 1.807) is 0 Å². The highest BCUT2D eigenvalue weighted by Gasteiger charge is 2.73. The first kappa shape index (κ1) is 25.5. The van der Waals surface area contributed by atoms with E-state index in [2.05, 4.69) is 32.7 Å². The third-order valence-corrected chi connectivity index (χ3v) is 8.73. The lowest BCUT2D eigenvalue weighted by Gasteiger charge is -2.46. The van der Waals surface area contributed by atoms with Crippen molar-refractivity contribution in [2.45, 2.75) is 124 Å². The van der Waals surface area contributed by atoms with Gasteiger partial charge in [-0.1, -0.05) is 91.9 Å². The summed E-state index contributed by atoms with van der Waals surface area (Å²) in [6, 6.07) is 0. The summed E-state index contributed by atoms with van der Waals surface area (Å²) >= 11 is 0. The highest BCUT2D eigenvalue weighted by Crippen LogP contribution is 2.71. The van der Waals surface area contributed by atoms with E-state index in [9.17, 15) is 9.59 Å². The third kappa shape index (κ3) is 5.34. The normalized spacial score (nSPS) is 31.7. The molecule has 4 unspecified atom stereocenters. The lowest BCUT2D eigenvalue weighted by molar-refractivity contribution is -0.457. The average molecular weight is 451 g/mol. The number of carbonyl (C=O) groups is 2. The molecule has 1 heterocycles. The van der Waals surface area contributed by atoms with Crippen molar-refractivity contribution >= 4 is 11.9 Å². The summed E-state index contributed by atoms with van der Waals surface area (Å²) < 4.78 is 0. The molecular weight excluding hydrogens is 404 g/mol. The average Bonchev–Trinajstić information content (AvgIpc) is 3.23. The molecule has 0 spiro atoms. The Labute approximate surface area is 195 Å². The number of hydrogen-bond donors (Lipinski definition) is 0. The van der Waals surface area contributed by atoms with E-state index in [1.807, 2.05) is 0 Å². The van der Waals surface area contributed by atoms with Crippen LogP contribution in [0.25, 0.3) is 0 Å². The van der Waals surface area contributed by atoms with Gasteiger partial charge in [0, 0.05) is 5.04 Å². The van der Waals surface area contributed by atoms with Gasteiger partial charge in [-0.05, 0) is 55.3 Å². The first-order valence-corrected chi connectivity index (χ1v) is 13.4. The highest BCUT2D eigenvalue weighted by atomic mass is 17.5. The fraction of sp³-hybridized carbons (Fsp3) is 0.926. The number of carbonyl (C=O) groups excluding carboxylic acids is 2. The maximum absolute atomic E-state index is 13.4. The summed E-state index contributed by atoms with van der Waals surface area (Å²) in [5.74, 6) is 0.574. The summed E-state index contributed by atoms with van der Waals surface area (Å²) in [7, 11) is 0. The summed E-state index contributed by atoms with van der Waals surface area (Å²) in [4.78, 5) is 36.2. The summed E-state index contributed by atoms with van der Waals surface area (Å²) in [6.07, 6.45) is 16.6. The van der Waals surface area contributed by atoms with Gasteiger partial charge in [-0.3, -0.25) is 9.78 Å². The Morgan fingerprint density at radius 3 is 2.03 bits per heavy atom. The molecule has 5 nitrogen and oxygen atoms in total. The second-order valence-electron chi connectivity index (χ2n) is 11.8. The van der Waals surface area contributed by atoms with Gasteiger partial charge in [0.25, 0.3) is 0 Å². The van der Waals surface area contributed by atoms with E-state index in [-0.39, 0.29) is 23.3 Å². The van der Waals surface area contributed by atoms with E-state index in [0.29, 0.717) is 0 Å². The Kier molecular flexibility index (Phi) is 9.05. The van der Waals surface area contributed by atoms with Crippen LogP contribution in [0.15, 0.2) is 0 Å². The first-order valence-electron chi connectivity index (χ1n) is 13.4. The van der Waals surface area contributed by atoms with Gasteiger partial charge in [0.1, 0.15) is 0 Å². The molecule has 0 amide bonds. The Morgan fingerprint density at radius 1 is 0.812 bits per heavy atom. The summed E-state index contributed by atoms with van der Waals surface area (Å²) in [5.41, 5.74) is -0.901. The van der Waals surface area contributed by atoms with E-state index in [0.717, 1.165) is 63.2 Å². The second-order valence-corrected chi connectivity index (χ2v) is 11.8. The zero-order valence-electron chi connectivity index (χ0n) is 21.0. The van der Waals surface area contributed by atoms with Crippen molar-refractivity contribution in [2.75, 3.05) is 0 Å². The molecular formula is C27H46O5. The fourth-order valence-electron chi connectivity index (χ4n) is 7.19. The van der Waals surface area contributed by atoms with Crippen molar-refractivity contribution in [1.29, 1.82) is 0 Å². The second kappa shape index (κ2) is 11.4. The van der Waals surface area contributed by atoms with Crippen LogP contribution in [-0.2, 0) is 24.4 Å². The molecule has 1 aliphatic heterocycles. The van der Waals surface area contributed by atoms with Gasteiger partial charge >= 0.3 is 11.9 Å². The maximum Gasteiger partial charge on any atom is 0.354 e. The molecule has 1 saturated heterocycles. The van der Waals surface area contributed by atoms with Crippen LogP contribution < -0.4 is 0 Å². The number of hydrogen-bond acceptors (Lipinski definition) is 5. The van der Waals surface area contributed by atoms with Gasteiger partial charge < -0.3 is 0 Å². The van der Waals surface area contributed by atoms with E-state index in [4.69, 9.17) is 9.78 Å². The Balaban J connectivity index is 1.68. The minimum atomic E-state index is -0.764. The molecule has 0 radical (unpaired) electrons. The van der Waals surface area contributed by atoms with Crippen molar-refractivity contribution < 1.29 is 24.4 Å². The highest BCUT2D eigenvalue weighted by molar-refractivity contribution is 5.88. The minimum Gasteiger partial charge on any atom is -0.259 e. The summed E-state index contributed by atoms with van der Waals surface area (Å²) in [5, 5.41) is 4.60. The predicted octanol–water partition coefficient (Wildman–Crippen LogP) is 7.33. The monoisotopic (exact) mass is 450 g/mol. The van der Waals surface area contributed by atoms with Crippen LogP contribution >= 0.6 is 0 Å². The zero-order valence-corrected chi connectivity index (χ0v) is 21.0. The molecule has 3 rings (SSSR count). The lowest BCUT2D eigenvalue weighted by atomic mass is 9.54. The molecule has 2 saturated carbocycles. The van der Waals surface area contributed by atoms with Crippen molar-refractivity contribution in [1.82, 2.24) is 0 Å². The van der Waals surface area contributed by atoms with Gasteiger partial charge in [0.2, 0.25) is 0 Å². The topological polar surface area (TPSA) is 61.8 Å². The SMILES string of the molecule is CC(C)CCCCCCC12CCC(C1)C1C(=O)OOOC(=O)C12CCCCCCC(C)C. The Hall–Kier alpha value is -1.10. The van der Waals surface area contributed by atoms with Crippen molar-refractivity contribution in [3.05, 3.63) is 0 Å². The van der Waals surface area contributed by atoms with E-state index in [1.165, 1.54) is 44.9 Å². The molecule has 2 aliphatic carbocycles. The zero-order chi connectivity index (χ0) is 23.2. The molecule has 32 heavy (non-hydrogen) atoms.